The van der Waals surface area contributed by atoms with Gasteiger partial charge in [0.15, 0.2) is 0 Å². The van der Waals surface area contributed by atoms with Crippen molar-refractivity contribution in [3.63, 3.8) is 0 Å². The van der Waals surface area contributed by atoms with E-state index in [4.69, 9.17) is 5.73 Å². The highest BCUT2D eigenvalue weighted by atomic mass is 16.2. The van der Waals surface area contributed by atoms with E-state index < -0.39 is 0 Å². The molecule has 0 atom stereocenters. The summed E-state index contributed by atoms with van der Waals surface area (Å²) in [7, 11) is 0. The Hall–Kier alpha value is -3.09. The molecule has 7 heteroatoms. The molecule has 3 heterocycles. The highest BCUT2D eigenvalue weighted by Gasteiger charge is 2.53. The van der Waals surface area contributed by atoms with Crippen LogP contribution < -0.4 is 10.6 Å². The summed E-state index contributed by atoms with van der Waals surface area (Å²) < 4.78 is 0. The van der Waals surface area contributed by atoms with Crippen LogP contribution in [-0.4, -0.2) is 50.9 Å². The van der Waals surface area contributed by atoms with E-state index in [1.807, 2.05) is 35.4 Å². The van der Waals surface area contributed by atoms with Crippen molar-refractivity contribution < 1.29 is 4.79 Å². The number of hydrogen-bond donors (Lipinski definition) is 2. The first-order valence-electron chi connectivity index (χ1n) is 8.87. The van der Waals surface area contributed by atoms with Gasteiger partial charge in [-0.3, -0.25) is 4.79 Å². The van der Waals surface area contributed by atoms with Gasteiger partial charge in [-0.05, 0) is 31.0 Å². The number of piperazine rings is 1. The van der Waals surface area contributed by atoms with E-state index in [-0.39, 0.29) is 11.4 Å². The van der Waals surface area contributed by atoms with E-state index in [1.54, 1.807) is 12.4 Å². The van der Waals surface area contributed by atoms with Gasteiger partial charge in [0.25, 0.3) is 5.91 Å². The number of nitrogens with zero attached hydrogens (tertiary/aromatic N) is 4. The van der Waals surface area contributed by atoms with Crippen LogP contribution in [0.2, 0.25) is 0 Å². The van der Waals surface area contributed by atoms with Crippen LogP contribution in [0.3, 0.4) is 0 Å². The highest BCUT2D eigenvalue weighted by molar-refractivity contribution is 6.00. The van der Waals surface area contributed by atoms with Gasteiger partial charge in [0, 0.05) is 31.5 Å². The third-order valence-electron chi connectivity index (χ3n) is 5.55. The minimum atomic E-state index is -0.106. The molecule has 132 valence electrons. The number of hydrogen-bond acceptors (Lipinski definition) is 5. The van der Waals surface area contributed by atoms with E-state index >= 15 is 0 Å². The summed E-state index contributed by atoms with van der Waals surface area (Å²) in [5, 5.41) is 1.02. The number of carbonyl (C=O) groups excluding carboxylic acids is 1. The predicted molar refractivity (Wildman–Crippen MR) is 100.0 cm³/mol. The predicted octanol–water partition coefficient (Wildman–Crippen LogP) is 2.04. The van der Waals surface area contributed by atoms with E-state index in [0.29, 0.717) is 17.8 Å². The number of para-hydroxylation sites is 1. The van der Waals surface area contributed by atoms with Crippen LogP contribution >= 0.6 is 0 Å². The molecule has 3 N–H and O–H groups in total. The number of carbonyl (C=O) groups is 1. The number of nitrogens with one attached hydrogen (secondary N) is 1. The lowest BCUT2D eigenvalue weighted by atomic mass is 10.1. The average molecular weight is 348 g/mol. The fourth-order valence-corrected chi connectivity index (χ4v) is 4.00. The summed E-state index contributed by atoms with van der Waals surface area (Å²) in [5.41, 5.74) is 7.91. The van der Waals surface area contributed by atoms with Crippen molar-refractivity contribution in [2.75, 3.05) is 30.3 Å². The van der Waals surface area contributed by atoms with Gasteiger partial charge in [-0.25, -0.2) is 9.97 Å². The van der Waals surface area contributed by atoms with Crippen molar-refractivity contribution in [3.05, 3.63) is 48.4 Å². The molecule has 26 heavy (non-hydrogen) atoms. The zero-order chi connectivity index (χ0) is 17.7. The van der Waals surface area contributed by atoms with Crippen LogP contribution in [0.25, 0.3) is 11.0 Å². The van der Waals surface area contributed by atoms with Gasteiger partial charge >= 0.3 is 0 Å². The Balaban J connectivity index is 1.44. The number of fused-ring (bicyclic) bond motifs is 1. The number of amides is 1. The molecule has 3 aromatic rings. The molecular weight excluding hydrogens is 328 g/mol. The normalized spacial score (nSPS) is 18.5. The molecule has 0 bridgehead atoms. The summed E-state index contributed by atoms with van der Waals surface area (Å²) in [6.45, 7) is 2.21. The van der Waals surface area contributed by atoms with Crippen molar-refractivity contribution in [3.8, 4) is 0 Å². The van der Waals surface area contributed by atoms with Gasteiger partial charge in [0.1, 0.15) is 17.8 Å². The molecule has 5 rings (SSSR count). The van der Waals surface area contributed by atoms with Crippen LogP contribution in [0.4, 0.5) is 11.5 Å². The first-order valence-corrected chi connectivity index (χ1v) is 8.87. The van der Waals surface area contributed by atoms with Crippen molar-refractivity contribution >= 4 is 28.4 Å². The summed E-state index contributed by atoms with van der Waals surface area (Å²) >= 11 is 0. The molecular formula is C19H20N6O. The second-order valence-corrected chi connectivity index (χ2v) is 7.13. The van der Waals surface area contributed by atoms with Gasteiger partial charge in [0.2, 0.25) is 0 Å². The van der Waals surface area contributed by atoms with Gasteiger partial charge in [-0.2, -0.15) is 0 Å². The molecule has 1 saturated carbocycles. The van der Waals surface area contributed by atoms with Gasteiger partial charge in [0.05, 0.1) is 16.5 Å². The maximum Gasteiger partial charge on any atom is 0.256 e. The van der Waals surface area contributed by atoms with Crippen molar-refractivity contribution in [2.24, 2.45) is 0 Å². The maximum absolute atomic E-state index is 13.1. The SMILES string of the molecule is Nc1ccccc1C(=O)N1CCN(c2ncnc3[nH]ccc23)CC12CC2. The summed E-state index contributed by atoms with van der Waals surface area (Å²) in [5.74, 6) is 0.976. The number of benzene rings is 1. The molecule has 0 radical (unpaired) electrons. The lowest BCUT2D eigenvalue weighted by Gasteiger charge is -2.43. The number of aromatic nitrogens is 3. The fourth-order valence-electron chi connectivity index (χ4n) is 4.00. The molecule has 1 spiro atoms. The minimum absolute atomic E-state index is 0.0368. The standard InChI is InChI=1S/C19H20N6O/c20-15-4-2-1-3-13(15)18(26)25-10-9-24(11-19(25)6-7-19)17-14-5-8-21-16(14)22-12-23-17/h1-5,8,12H,6-7,9-11,20H2,(H,21,22,23). The number of nitrogens with two attached hydrogens (primary N) is 1. The van der Waals surface area contributed by atoms with Crippen LogP contribution in [0, 0.1) is 0 Å². The quantitative estimate of drug-likeness (QED) is 0.692. The van der Waals surface area contributed by atoms with Gasteiger partial charge in [-0.15, -0.1) is 0 Å². The first kappa shape index (κ1) is 15.2. The molecule has 0 unspecified atom stereocenters. The largest absolute Gasteiger partial charge is 0.398 e. The lowest BCUT2D eigenvalue weighted by Crippen LogP contribution is -2.57. The Kier molecular flexibility index (Phi) is 3.19. The molecule has 1 amide bonds. The highest BCUT2D eigenvalue weighted by Crippen LogP contribution is 2.46. The first-order chi connectivity index (χ1) is 12.7. The third kappa shape index (κ3) is 2.23. The molecule has 1 saturated heterocycles. The Morgan fingerprint density at radius 3 is 2.81 bits per heavy atom. The number of nitrogen functional groups attached to an aromatic ring is 1. The van der Waals surface area contributed by atoms with Gasteiger partial charge in [-0.1, -0.05) is 12.1 Å². The Labute approximate surface area is 150 Å². The van der Waals surface area contributed by atoms with Crippen LogP contribution in [-0.2, 0) is 0 Å². The van der Waals surface area contributed by atoms with Crippen molar-refractivity contribution in [1.82, 2.24) is 19.9 Å². The number of H-pyrrole nitrogens is 1. The molecule has 7 nitrogen and oxygen atoms in total. The molecule has 2 aliphatic rings. The van der Waals surface area contributed by atoms with Crippen molar-refractivity contribution in [2.45, 2.75) is 18.4 Å². The Morgan fingerprint density at radius 1 is 1.15 bits per heavy atom. The molecule has 2 aromatic heterocycles. The molecule has 1 aliphatic heterocycles. The topological polar surface area (TPSA) is 91.1 Å². The number of aromatic amines is 1. The van der Waals surface area contributed by atoms with Crippen molar-refractivity contribution in [1.29, 1.82) is 0 Å². The van der Waals surface area contributed by atoms with Crippen LogP contribution in [0.1, 0.15) is 23.2 Å². The van der Waals surface area contributed by atoms with E-state index in [1.165, 1.54) is 0 Å². The zero-order valence-corrected chi connectivity index (χ0v) is 14.4. The second-order valence-electron chi connectivity index (χ2n) is 7.13. The summed E-state index contributed by atoms with van der Waals surface area (Å²) in [4.78, 5) is 29.3. The molecule has 2 fully saturated rings. The van der Waals surface area contributed by atoms with E-state index in [0.717, 1.165) is 42.8 Å². The average Bonchev–Trinajstić information content (AvgIpc) is 3.24. The smallest absolute Gasteiger partial charge is 0.256 e. The Bertz CT molecular complexity index is 992. The fraction of sp³-hybridized carbons (Fsp3) is 0.316. The monoisotopic (exact) mass is 348 g/mol. The van der Waals surface area contributed by atoms with Crippen LogP contribution in [0.15, 0.2) is 42.9 Å². The van der Waals surface area contributed by atoms with Crippen LogP contribution in [0.5, 0.6) is 0 Å². The molecule has 1 aromatic carbocycles. The number of anilines is 2. The van der Waals surface area contributed by atoms with E-state index in [2.05, 4.69) is 19.9 Å². The second kappa shape index (κ2) is 5.45. The zero-order valence-electron chi connectivity index (χ0n) is 14.4. The minimum Gasteiger partial charge on any atom is -0.398 e. The lowest BCUT2D eigenvalue weighted by molar-refractivity contribution is 0.0625. The Morgan fingerprint density at radius 2 is 2.00 bits per heavy atom. The summed E-state index contributed by atoms with van der Waals surface area (Å²) in [6, 6.07) is 9.32. The molecule has 1 aliphatic carbocycles. The van der Waals surface area contributed by atoms with E-state index in [9.17, 15) is 4.79 Å². The maximum atomic E-state index is 13.1. The van der Waals surface area contributed by atoms with Gasteiger partial charge < -0.3 is 20.5 Å². The number of rotatable bonds is 2. The summed E-state index contributed by atoms with van der Waals surface area (Å²) in [6.07, 6.45) is 5.51. The third-order valence-corrected chi connectivity index (χ3v) is 5.55.